The summed E-state index contributed by atoms with van der Waals surface area (Å²) in [7, 11) is 1.54. The van der Waals surface area contributed by atoms with E-state index in [4.69, 9.17) is 4.74 Å². The Labute approximate surface area is 183 Å². The molecule has 1 fully saturated rings. The van der Waals surface area contributed by atoms with Gasteiger partial charge in [-0.25, -0.2) is 8.78 Å². The summed E-state index contributed by atoms with van der Waals surface area (Å²) in [6.07, 6.45) is 4.14. The standard InChI is InChI=1S/C23H24F2N2O5/c1-22-7-3-4-8-23(22,32-2)12-27-11-15(18(28)19(29)17(27)20(22)30)21(31)26-10-13-5-6-14(24)9-16(13)25/h5-6,9,11,29H,3-4,7-8,10,12H2,1-2H3,(H,26,31)/t22-,23-/m1/s1. The van der Waals surface area contributed by atoms with Crippen LogP contribution in [0.3, 0.4) is 0 Å². The molecule has 0 unspecified atom stereocenters. The fourth-order valence-electron chi connectivity index (χ4n) is 5.01. The van der Waals surface area contributed by atoms with Crippen molar-refractivity contribution in [3.63, 3.8) is 0 Å². The quantitative estimate of drug-likeness (QED) is 0.753. The molecule has 170 valence electrons. The smallest absolute Gasteiger partial charge is 0.257 e. The zero-order chi connectivity index (χ0) is 23.3. The minimum atomic E-state index is -0.981. The number of aromatic hydroxyl groups is 1. The number of hydrogen-bond acceptors (Lipinski definition) is 5. The number of Topliss-reactive ketones (excluding diaryl/α,β-unsaturated/α-hetero) is 1. The molecular formula is C23H24F2N2O5. The first-order valence-corrected chi connectivity index (χ1v) is 10.4. The summed E-state index contributed by atoms with van der Waals surface area (Å²) in [5.74, 6) is -3.60. The molecule has 2 heterocycles. The van der Waals surface area contributed by atoms with Gasteiger partial charge in [0.2, 0.25) is 5.43 Å². The first kappa shape index (κ1) is 22.1. The summed E-state index contributed by atoms with van der Waals surface area (Å²) in [5.41, 5.74) is -3.17. The van der Waals surface area contributed by atoms with Crippen molar-refractivity contribution in [1.82, 2.24) is 9.88 Å². The van der Waals surface area contributed by atoms with Crippen LogP contribution in [0, 0.1) is 17.0 Å². The lowest BCUT2D eigenvalue weighted by molar-refractivity contribution is -0.130. The van der Waals surface area contributed by atoms with Crippen LogP contribution < -0.4 is 10.7 Å². The van der Waals surface area contributed by atoms with Gasteiger partial charge in [0, 0.05) is 31.5 Å². The molecule has 2 aliphatic rings. The zero-order valence-corrected chi connectivity index (χ0v) is 17.8. The number of fused-ring (bicyclic) bond motifs is 2. The summed E-state index contributed by atoms with van der Waals surface area (Å²) >= 11 is 0. The second-order valence-corrected chi connectivity index (χ2v) is 8.68. The van der Waals surface area contributed by atoms with Crippen molar-refractivity contribution in [3.05, 3.63) is 63.1 Å². The van der Waals surface area contributed by atoms with Gasteiger partial charge in [-0.3, -0.25) is 14.4 Å². The Bertz CT molecular complexity index is 1180. The second-order valence-electron chi connectivity index (χ2n) is 8.68. The number of aromatic nitrogens is 1. The van der Waals surface area contributed by atoms with Crippen molar-refractivity contribution in [2.45, 2.75) is 51.3 Å². The molecule has 1 aliphatic carbocycles. The minimum Gasteiger partial charge on any atom is -0.503 e. The number of ketones is 1. The van der Waals surface area contributed by atoms with Gasteiger partial charge < -0.3 is 19.7 Å². The average Bonchev–Trinajstić information content (AvgIpc) is 2.76. The van der Waals surface area contributed by atoms with E-state index in [0.717, 1.165) is 18.9 Å². The highest BCUT2D eigenvalue weighted by molar-refractivity contribution is 6.04. The van der Waals surface area contributed by atoms with E-state index in [9.17, 15) is 28.3 Å². The van der Waals surface area contributed by atoms with Crippen LogP contribution in [-0.2, 0) is 17.8 Å². The first-order valence-electron chi connectivity index (χ1n) is 10.4. The van der Waals surface area contributed by atoms with E-state index in [1.807, 2.05) is 0 Å². The lowest BCUT2D eigenvalue weighted by Crippen LogP contribution is -2.61. The summed E-state index contributed by atoms with van der Waals surface area (Å²) in [6.45, 7) is 1.71. The Hall–Kier alpha value is -3.07. The van der Waals surface area contributed by atoms with Gasteiger partial charge in [0.1, 0.15) is 22.9 Å². The number of nitrogens with zero attached hydrogens (tertiary/aromatic N) is 1. The van der Waals surface area contributed by atoms with E-state index < -0.39 is 39.7 Å². The third-order valence-corrected chi connectivity index (χ3v) is 7.00. The fraction of sp³-hybridized carbons (Fsp3) is 0.435. The van der Waals surface area contributed by atoms with E-state index in [1.54, 1.807) is 6.92 Å². The zero-order valence-electron chi connectivity index (χ0n) is 17.8. The summed E-state index contributed by atoms with van der Waals surface area (Å²) < 4.78 is 34.2. The predicted octanol–water partition coefficient (Wildman–Crippen LogP) is 2.92. The Balaban J connectivity index is 1.70. The number of halogens is 2. The lowest BCUT2D eigenvalue weighted by atomic mass is 9.59. The second kappa shape index (κ2) is 7.81. The maximum Gasteiger partial charge on any atom is 0.257 e. The number of ether oxygens (including phenoxy) is 1. The molecule has 2 aromatic rings. The van der Waals surface area contributed by atoms with Crippen LogP contribution in [0.15, 0.2) is 29.2 Å². The van der Waals surface area contributed by atoms with Crippen molar-refractivity contribution >= 4 is 11.7 Å². The van der Waals surface area contributed by atoms with Gasteiger partial charge in [0.05, 0.1) is 17.6 Å². The van der Waals surface area contributed by atoms with Crippen molar-refractivity contribution < 1.29 is 28.2 Å². The highest BCUT2D eigenvalue weighted by Gasteiger charge is 2.59. The molecule has 0 bridgehead atoms. The number of methoxy groups -OCH3 is 1. The number of carbonyl (C=O) groups is 2. The first-order chi connectivity index (χ1) is 15.1. The van der Waals surface area contributed by atoms with Gasteiger partial charge in [-0.1, -0.05) is 18.9 Å². The highest BCUT2D eigenvalue weighted by Crippen LogP contribution is 2.52. The van der Waals surface area contributed by atoms with Gasteiger partial charge in [-0.05, 0) is 25.8 Å². The van der Waals surface area contributed by atoms with Crippen molar-refractivity contribution in [3.8, 4) is 5.75 Å². The molecule has 1 saturated carbocycles. The van der Waals surface area contributed by atoms with Crippen LogP contribution in [0.4, 0.5) is 8.78 Å². The van der Waals surface area contributed by atoms with Crippen LogP contribution in [0.5, 0.6) is 5.75 Å². The van der Waals surface area contributed by atoms with Crippen molar-refractivity contribution in [2.24, 2.45) is 5.41 Å². The number of hydrogen-bond donors (Lipinski definition) is 2. The van der Waals surface area contributed by atoms with Crippen LogP contribution in [0.1, 0.15) is 59.0 Å². The number of benzene rings is 1. The topological polar surface area (TPSA) is 97.6 Å². The molecule has 7 nitrogen and oxygen atoms in total. The summed E-state index contributed by atoms with van der Waals surface area (Å²) in [6, 6.07) is 2.94. The fourth-order valence-corrected chi connectivity index (χ4v) is 5.01. The van der Waals surface area contributed by atoms with Gasteiger partial charge in [0.15, 0.2) is 11.5 Å². The minimum absolute atomic E-state index is 0.0357. The molecule has 1 aliphatic heterocycles. The van der Waals surface area contributed by atoms with E-state index in [2.05, 4.69) is 5.32 Å². The van der Waals surface area contributed by atoms with Crippen molar-refractivity contribution in [1.29, 1.82) is 0 Å². The number of rotatable bonds is 4. The SMILES string of the molecule is CO[C@@]12CCCC[C@]1(C)C(=O)c1c(O)c(=O)c(C(=O)NCc3ccc(F)cc3F)cn1C2. The molecule has 1 aromatic heterocycles. The highest BCUT2D eigenvalue weighted by atomic mass is 19.1. The molecule has 0 saturated heterocycles. The molecular weight excluding hydrogens is 422 g/mol. The summed E-state index contributed by atoms with van der Waals surface area (Å²) in [5, 5.41) is 13.0. The molecule has 4 rings (SSSR count). The molecule has 1 amide bonds. The van der Waals surface area contributed by atoms with Gasteiger partial charge in [-0.15, -0.1) is 0 Å². The molecule has 2 N–H and O–H groups in total. The lowest BCUT2D eigenvalue weighted by Gasteiger charge is -2.53. The number of carbonyl (C=O) groups excluding carboxylic acids is 2. The van der Waals surface area contributed by atoms with E-state index in [0.29, 0.717) is 18.9 Å². The van der Waals surface area contributed by atoms with E-state index in [1.165, 1.54) is 23.9 Å². The normalized spacial score (nSPS) is 24.6. The van der Waals surface area contributed by atoms with Gasteiger partial charge in [0.25, 0.3) is 5.91 Å². The Morgan fingerprint density at radius 2 is 1.97 bits per heavy atom. The maximum absolute atomic E-state index is 13.8. The molecule has 0 radical (unpaired) electrons. The molecule has 0 spiro atoms. The molecule has 32 heavy (non-hydrogen) atoms. The van der Waals surface area contributed by atoms with Gasteiger partial charge >= 0.3 is 0 Å². The average molecular weight is 446 g/mol. The molecule has 2 atom stereocenters. The number of nitrogens with one attached hydrogen (secondary N) is 1. The Morgan fingerprint density at radius 1 is 1.25 bits per heavy atom. The van der Waals surface area contributed by atoms with Crippen LogP contribution in [0.25, 0.3) is 0 Å². The molecule has 9 heteroatoms. The monoisotopic (exact) mass is 446 g/mol. The molecule has 1 aromatic carbocycles. The predicted molar refractivity (Wildman–Crippen MR) is 111 cm³/mol. The number of amides is 1. The Morgan fingerprint density at radius 3 is 2.66 bits per heavy atom. The van der Waals surface area contributed by atoms with Crippen LogP contribution >= 0.6 is 0 Å². The summed E-state index contributed by atoms with van der Waals surface area (Å²) in [4.78, 5) is 38.8. The van der Waals surface area contributed by atoms with Crippen LogP contribution in [0.2, 0.25) is 0 Å². The van der Waals surface area contributed by atoms with Gasteiger partial charge in [-0.2, -0.15) is 0 Å². The van der Waals surface area contributed by atoms with Crippen molar-refractivity contribution in [2.75, 3.05) is 7.11 Å². The maximum atomic E-state index is 13.8. The van der Waals surface area contributed by atoms with Crippen LogP contribution in [-0.4, -0.2) is 34.1 Å². The third-order valence-electron chi connectivity index (χ3n) is 7.00. The number of pyridine rings is 1. The van der Waals surface area contributed by atoms with E-state index >= 15 is 0 Å². The third kappa shape index (κ3) is 3.23. The Kier molecular flexibility index (Phi) is 5.40. The van der Waals surface area contributed by atoms with E-state index in [-0.39, 0.29) is 35.7 Å². The largest absolute Gasteiger partial charge is 0.503 e.